The third-order valence-corrected chi connectivity index (χ3v) is 5.30. The number of benzene rings is 2. The molecular formula is C22H23N3O2. The predicted molar refractivity (Wildman–Crippen MR) is 108 cm³/mol. The summed E-state index contributed by atoms with van der Waals surface area (Å²) in [5.41, 5.74) is 4.32. The highest BCUT2D eigenvalue weighted by Crippen LogP contribution is 2.37. The van der Waals surface area contributed by atoms with E-state index in [4.69, 9.17) is 4.99 Å². The van der Waals surface area contributed by atoms with E-state index < -0.39 is 0 Å². The van der Waals surface area contributed by atoms with Crippen LogP contribution in [0.1, 0.15) is 31.7 Å². The first-order valence-electron chi connectivity index (χ1n) is 9.53. The maximum Gasteiger partial charge on any atom is 0.244 e. The largest absolute Gasteiger partial charge is 0.324 e. The van der Waals surface area contributed by atoms with Crippen molar-refractivity contribution in [1.82, 2.24) is 0 Å². The molecule has 5 heteroatoms. The number of carbonyl (C=O) groups is 2. The average Bonchev–Trinajstić information content (AvgIpc) is 3.11. The molecule has 27 heavy (non-hydrogen) atoms. The summed E-state index contributed by atoms with van der Waals surface area (Å²) in [5.74, 6) is -0.413. The molecule has 2 aromatic rings. The fraction of sp³-hybridized carbons (Fsp3) is 0.318. The molecule has 1 fully saturated rings. The minimum Gasteiger partial charge on any atom is -0.324 e. The molecule has 138 valence electrons. The van der Waals surface area contributed by atoms with Gasteiger partial charge in [-0.15, -0.1) is 0 Å². The van der Waals surface area contributed by atoms with Crippen molar-refractivity contribution < 1.29 is 9.59 Å². The van der Waals surface area contributed by atoms with Crippen LogP contribution in [0.3, 0.4) is 0 Å². The highest BCUT2D eigenvalue weighted by atomic mass is 16.2. The zero-order valence-electron chi connectivity index (χ0n) is 15.4. The number of rotatable bonds is 4. The highest BCUT2D eigenvalue weighted by molar-refractivity contribution is 6.16. The van der Waals surface area contributed by atoms with E-state index in [2.05, 4.69) is 12.2 Å². The Bertz CT molecular complexity index is 919. The van der Waals surface area contributed by atoms with Gasteiger partial charge in [0.25, 0.3) is 0 Å². The monoisotopic (exact) mass is 361 g/mol. The van der Waals surface area contributed by atoms with Crippen molar-refractivity contribution in [3.05, 3.63) is 54.1 Å². The second-order valence-electron chi connectivity index (χ2n) is 7.02. The molecule has 4 rings (SSSR count). The second-order valence-corrected chi connectivity index (χ2v) is 7.02. The number of carbonyl (C=O) groups excluding carboxylic acids is 2. The third kappa shape index (κ3) is 3.37. The van der Waals surface area contributed by atoms with Gasteiger partial charge in [0.15, 0.2) is 0 Å². The number of nitrogens with zero attached hydrogens (tertiary/aromatic N) is 2. The first kappa shape index (κ1) is 17.5. The van der Waals surface area contributed by atoms with Gasteiger partial charge in [0, 0.05) is 11.4 Å². The lowest BCUT2D eigenvalue weighted by Gasteiger charge is -2.24. The van der Waals surface area contributed by atoms with Gasteiger partial charge in [0.2, 0.25) is 11.8 Å². The molecule has 0 saturated heterocycles. The van der Waals surface area contributed by atoms with Crippen molar-refractivity contribution in [2.75, 3.05) is 16.8 Å². The number of aliphatic imine (C=N–C) groups is 1. The van der Waals surface area contributed by atoms with Gasteiger partial charge in [-0.3, -0.25) is 14.6 Å². The number of aryl methyl sites for hydroxylation is 1. The van der Waals surface area contributed by atoms with Gasteiger partial charge >= 0.3 is 0 Å². The van der Waals surface area contributed by atoms with Gasteiger partial charge in [-0.1, -0.05) is 37.3 Å². The van der Waals surface area contributed by atoms with Crippen LogP contribution in [-0.2, 0) is 16.0 Å². The van der Waals surface area contributed by atoms with Gasteiger partial charge in [-0.05, 0) is 49.4 Å². The third-order valence-electron chi connectivity index (χ3n) is 5.30. The lowest BCUT2D eigenvalue weighted by Crippen LogP contribution is -2.42. The van der Waals surface area contributed by atoms with Crippen LogP contribution in [0, 0.1) is 5.92 Å². The molecule has 0 aromatic heterocycles. The molecule has 1 heterocycles. The normalized spacial score (nSPS) is 18.4. The van der Waals surface area contributed by atoms with E-state index in [9.17, 15) is 9.59 Å². The Morgan fingerprint density at radius 3 is 2.81 bits per heavy atom. The molecule has 5 nitrogen and oxygen atoms in total. The summed E-state index contributed by atoms with van der Waals surface area (Å²) in [6, 6.07) is 15.3. The summed E-state index contributed by atoms with van der Waals surface area (Å²) in [6.07, 6.45) is 3.47. The number of anilines is 2. The number of fused-ring (bicyclic) bond motifs is 2. The van der Waals surface area contributed by atoms with Gasteiger partial charge in [-0.25, -0.2) is 0 Å². The molecular weight excluding hydrogens is 338 g/mol. The molecule has 1 aliphatic carbocycles. The van der Waals surface area contributed by atoms with Gasteiger partial charge in [0.05, 0.1) is 17.3 Å². The second kappa shape index (κ2) is 7.35. The van der Waals surface area contributed by atoms with E-state index in [0.29, 0.717) is 5.69 Å². The van der Waals surface area contributed by atoms with Crippen LogP contribution in [-0.4, -0.2) is 24.1 Å². The zero-order valence-corrected chi connectivity index (χ0v) is 15.4. The molecule has 1 aliphatic heterocycles. The summed E-state index contributed by atoms with van der Waals surface area (Å²) in [7, 11) is 0. The van der Waals surface area contributed by atoms with Crippen LogP contribution in [0.2, 0.25) is 0 Å². The van der Waals surface area contributed by atoms with E-state index >= 15 is 0 Å². The molecule has 1 saturated carbocycles. The number of hydrogen-bond acceptors (Lipinski definition) is 3. The Balaban J connectivity index is 1.61. The molecule has 2 amide bonds. The van der Waals surface area contributed by atoms with Crippen molar-refractivity contribution in [2.45, 2.75) is 32.6 Å². The molecule has 0 spiro atoms. The van der Waals surface area contributed by atoms with E-state index in [-0.39, 0.29) is 24.3 Å². The molecule has 2 aromatic carbocycles. The first-order chi connectivity index (χ1) is 13.2. The molecule has 0 unspecified atom stereocenters. The number of amides is 2. The fourth-order valence-corrected chi connectivity index (χ4v) is 3.92. The molecule has 1 N–H and O–H groups in total. The Kier molecular flexibility index (Phi) is 4.75. The van der Waals surface area contributed by atoms with E-state index in [1.807, 2.05) is 48.5 Å². The van der Waals surface area contributed by atoms with Crippen LogP contribution in [0.15, 0.2) is 53.5 Å². The molecule has 1 atom stereocenters. The van der Waals surface area contributed by atoms with E-state index in [1.165, 1.54) is 0 Å². The Labute approximate surface area is 159 Å². The van der Waals surface area contributed by atoms with Crippen LogP contribution in [0.25, 0.3) is 0 Å². The lowest BCUT2D eigenvalue weighted by molar-refractivity contribution is -0.122. The van der Waals surface area contributed by atoms with Crippen LogP contribution >= 0.6 is 0 Å². The quantitative estimate of drug-likeness (QED) is 0.891. The maximum atomic E-state index is 13.2. The summed E-state index contributed by atoms with van der Waals surface area (Å²) < 4.78 is 0. The molecule has 0 radical (unpaired) electrons. The highest BCUT2D eigenvalue weighted by Gasteiger charge is 2.37. The van der Waals surface area contributed by atoms with Crippen molar-refractivity contribution in [3.63, 3.8) is 0 Å². The molecule has 0 bridgehead atoms. The topological polar surface area (TPSA) is 61.8 Å². The minimum atomic E-state index is -0.201. The minimum absolute atomic E-state index is 0.00675. The van der Waals surface area contributed by atoms with Gasteiger partial charge in [0.1, 0.15) is 6.54 Å². The van der Waals surface area contributed by atoms with Gasteiger partial charge < -0.3 is 10.2 Å². The summed E-state index contributed by atoms with van der Waals surface area (Å²) in [6.45, 7) is 2.05. The van der Waals surface area contributed by atoms with Crippen molar-refractivity contribution >= 4 is 34.6 Å². The Morgan fingerprint density at radius 2 is 1.96 bits per heavy atom. The fourth-order valence-electron chi connectivity index (χ4n) is 3.92. The van der Waals surface area contributed by atoms with Gasteiger partial charge in [-0.2, -0.15) is 0 Å². The van der Waals surface area contributed by atoms with Crippen LogP contribution < -0.4 is 10.2 Å². The number of nitrogens with one attached hydrogen (secondary N) is 1. The van der Waals surface area contributed by atoms with Crippen molar-refractivity contribution in [3.8, 4) is 0 Å². The zero-order chi connectivity index (χ0) is 18.8. The smallest absolute Gasteiger partial charge is 0.244 e. The lowest BCUT2D eigenvalue weighted by atomic mass is 10.1. The van der Waals surface area contributed by atoms with E-state index in [0.717, 1.165) is 48.3 Å². The van der Waals surface area contributed by atoms with E-state index in [1.54, 1.807) is 4.90 Å². The molecule has 2 aliphatic rings. The number of hydrogen-bond donors (Lipinski definition) is 1. The summed E-state index contributed by atoms with van der Waals surface area (Å²) >= 11 is 0. The van der Waals surface area contributed by atoms with Crippen molar-refractivity contribution in [2.24, 2.45) is 10.9 Å². The standard InChI is InChI=1S/C22H23N3O2/c1-2-15-8-3-4-10-17(15)24-21(26)14-25-20-13-6-5-11-19(20)23-18-12-7-9-16(18)22(25)27/h3-6,8,10-11,13,16H,2,7,9,12,14H2,1H3,(H,24,26)/t16-/m1/s1. The Hall–Kier alpha value is -2.95. The SMILES string of the molecule is CCc1ccccc1NC(=O)CN1C(=O)[C@@H]2CCCC2=Nc2ccccc21. The predicted octanol–water partition coefficient (Wildman–Crippen LogP) is 4.11. The first-order valence-corrected chi connectivity index (χ1v) is 9.53. The summed E-state index contributed by atoms with van der Waals surface area (Å²) in [5, 5.41) is 2.97. The maximum absolute atomic E-state index is 13.2. The number of para-hydroxylation sites is 3. The van der Waals surface area contributed by atoms with Crippen LogP contribution in [0.4, 0.5) is 17.1 Å². The summed E-state index contributed by atoms with van der Waals surface area (Å²) in [4.78, 5) is 32.3. The average molecular weight is 361 g/mol. The van der Waals surface area contributed by atoms with Crippen molar-refractivity contribution in [1.29, 1.82) is 0 Å². The van der Waals surface area contributed by atoms with Crippen LogP contribution in [0.5, 0.6) is 0 Å². The Morgan fingerprint density at radius 1 is 1.19 bits per heavy atom.